The molecule has 7 nitrogen and oxygen atoms in total. The first-order valence-corrected chi connectivity index (χ1v) is 15.3. The van der Waals surface area contributed by atoms with Crippen LogP contribution in [0.2, 0.25) is 0 Å². The van der Waals surface area contributed by atoms with Gasteiger partial charge in [0.2, 0.25) is 6.41 Å². The number of nitrogens with one attached hydrogen (secondary N) is 1. The molecule has 0 spiro atoms. The minimum Gasteiger partial charge on any atom is -0.504 e. The summed E-state index contributed by atoms with van der Waals surface area (Å²) >= 11 is 24.9. The Balaban J connectivity index is 0.000000249. The first-order valence-electron chi connectivity index (χ1n) is 8.58. The average molecular weight is 553 g/mol. The molecule has 1 aliphatic rings. The second kappa shape index (κ2) is 12.0. The van der Waals surface area contributed by atoms with Crippen LogP contribution in [0.15, 0.2) is 35.3 Å². The van der Waals surface area contributed by atoms with Crippen molar-refractivity contribution in [3.63, 3.8) is 0 Å². The number of hydrogen-bond donors (Lipinski definition) is 5. The zero-order valence-corrected chi connectivity index (χ0v) is 20.5. The fourth-order valence-corrected chi connectivity index (χ4v) is 2.32. The van der Waals surface area contributed by atoms with Crippen LogP contribution < -0.4 is 5.32 Å². The van der Waals surface area contributed by atoms with Gasteiger partial charge < -0.3 is 25.7 Å². The van der Waals surface area contributed by atoms with Gasteiger partial charge in [0.25, 0.3) is 0 Å². The minimum atomic E-state index is -3.69. The largest absolute Gasteiger partial charge is 0.504 e. The van der Waals surface area contributed by atoms with Gasteiger partial charge in [-0.3, -0.25) is 9.79 Å². The van der Waals surface area contributed by atoms with Crippen molar-refractivity contribution in [3.05, 3.63) is 47.0 Å². The van der Waals surface area contributed by atoms with E-state index in [4.69, 9.17) is 71.5 Å². The SMILES string of the molecule is ClP(Cl)(Cl)(Cl)Cl.O=CNCCc1ccc(O)c(O)c1.Oc1cc2c(cc1O)CCN=C2. The Morgan fingerprint density at radius 2 is 1.52 bits per heavy atom. The Labute approximate surface area is 203 Å². The summed E-state index contributed by atoms with van der Waals surface area (Å²) in [6.07, 6.45) is 3.81. The van der Waals surface area contributed by atoms with Crippen LogP contribution in [0.3, 0.4) is 0 Å². The number of benzene rings is 2. The molecule has 0 bridgehead atoms. The number of nitrogens with zero attached hydrogens (tertiary/aromatic N) is 1. The molecule has 1 heterocycles. The number of carbonyl (C=O) groups excluding carboxylic acids is 1. The number of carbonyl (C=O) groups is 1. The van der Waals surface area contributed by atoms with Crippen molar-refractivity contribution in [1.29, 1.82) is 0 Å². The van der Waals surface area contributed by atoms with Crippen molar-refractivity contribution in [3.8, 4) is 23.0 Å². The molecule has 3 rings (SSSR count). The first kappa shape index (κ1) is 27.7. The summed E-state index contributed by atoms with van der Waals surface area (Å²) in [5, 5.41) is 39.0. The van der Waals surface area contributed by atoms with Crippen molar-refractivity contribution < 1.29 is 25.2 Å². The Bertz CT molecular complexity index is 919. The molecule has 0 saturated heterocycles. The number of hydrogen-bond acceptors (Lipinski definition) is 6. The molecule has 172 valence electrons. The molecule has 13 heteroatoms. The first-order chi connectivity index (χ1) is 14.2. The van der Waals surface area contributed by atoms with Crippen molar-refractivity contribution in [2.45, 2.75) is 12.8 Å². The monoisotopic (exact) mass is 550 g/mol. The van der Waals surface area contributed by atoms with E-state index in [1.54, 1.807) is 18.3 Å². The van der Waals surface area contributed by atoms with Gasteiger partial charge in [0.05, 0.1) is 0 Å². The van der Waals surface area contributed by atoms with E-state index < -0.39 is 3.37 Å². The van der Waals surface area contributed by atoms with E-state index >= 15 is 0 Å². The van der Waals surface area contributed by atoms with Crippen LogP contribution in [0.25, 0.3) is 0 Å². The third kappa shape index (κ3) is 13.0. The molecule has 0 saturated carbocycles. The third-order valence-corrected chi connectivity index (χ3v) is 3.66. The average Bonchev–Trinajstić information content (AvgIpc) is 2.64. The van der Waals surface area contributed by atoms with Gasteiger partial charge in [-0.05, 0) is 53.8 Å². The van der Waals surface area contributed by atoms with Crippen molar-refractivity contribution in [2.75, 3.05) is 13.1 Å². The van der Waals surface area contributed by atoms with Crippen molar-refractivity contribution in [2.24, 2.45) is 4.99 Å². The zero-order chi connectivity index (χ0) is 23.7. The Kier molecular flexibility index (Phi) is 10.8. The maximum Gasteiger partial charge on any atom is 0.207 e. The standard InChI is InChI=1S/C9H11NO3.C9H9NO2.Cl5P/c11-6-10-4-3-7-1-2-8(12)9(13)5-7;11-8-3-6-1-2-10-5-7(6)4-9(8)12;1-6(2,3,4)5/h1-2,5-6,12-13H,3-4H2,(H,10,11);3-5,11-12H,1-2H2;. The topological polar surface area (TPSA) is 122 Å². The fraction of sp³-hybridized carbons (Fsp3) is 0.222. The zero-order valence-electron chi connectivity index (χ0n) is 15.9. The van der Waals surface area contributed by atoms with Crippen LogP contribution in [-0.4, -0.2) is 46.1 Å². The molecule has 0 atom stereocenters. The quantitative estimate of drug-likeness (QED) is 0.143. The summed E-state index contributed by atoms with van der Waals surface area (Å²) in [5.74, 6) is -0.401. The maximum atomic E-state index is 9.92. The molecule has 5 N–H and O–H groups in total. The smallest absolute Gasteiger partial charge is 0.207 e. The molecule has 2 aromatic rings. The van der Waals surface area contributed by atoms with E-state index in [2.05, 4.69) is 10.3 Å². The number of amides is 1. The summed E-state index contributed by atoms with van der Waals surface area (Å²) in [6.45, 7) is 1.28. The van der Waals surface area contributed by atoms with Gasteiger partial charge in [0.1, 0.15) is 0 Å². The van der Waals surface area contributed by atoms with E-state index in [1.807, 2.05) is 0 Å². The molecule has 1 aliphatic heterocycles. The predicted octanol–water partition coefficient (Wildman–Crippen LogP) is 5.77. The van der Waals surface area contributed by atoms with Crippen molar-refractivity contribution in [1.82, 2.24) is 5.32 Å². The van der Waals surface area contributed by atoms with Gasteiger partial charge >= 0.3 is 59.6 Å². The van der Waals surface area contributed by atoms with Gasteiger partial charge in [-0.25, -0.2) is 0 Å². The second-order valence-electron chi connectivity index (χ2n) is 6.11. The van der Waals surface area contributed by atoms with Crippen LogP contribution in [0, 0.1) is 0 Å². The van der Waals surface area contributed by atoms with Gasteiger partial charge in [0.15, 0.2) is 23.0 Å². The number of rotatable bonds is 4. The van der Waals surface area contributed by atoms with Crippen LogP contribution >= 0.6 is 59.6 Å². The molecular formula is C18H20Cl5N2O5P. The summed E-state index contributed by atoms with van der Waals surface area (Å²) in [4.78, 5) is 14.0. The van der Waals surface area contributed by atoms with Gasteiger partial charge in [0, 0.05) is 19.3 Å². The predicted molar refractivity (Wildman–Crippen MR) is 130 cm³/mol. The number of phenolic OH excluding ortho intramolecular Hbond substituents is 4. The van der Waals surface area contributed by atoms with E-state index in [-0.39, 0.29) is 23.0 Å². The number of aliphatic imine (C=N–C) groups is 1. The molecule has 1 amide bonds. The van der Waals surface area contributed by atoms with E-state index in [0.29, 0.717) is 19.4 Å². The number of halogens is 5. The van der Waals surface area contributed by atoms with Crippen LogP contribution in [0.5, 0.6) is 23.0 Å². The number of fused-ring (bicyclic) bond motifs is 1. The van der Waals surface area contributed by atoms with Gasteiger partial charge in [-0.2, -0.15) is 0 Å². The maximum absolute atomic E-state index is 9.92. The summed E-state index contributed by atoms with van der Waals surface area (Å²) < 4.78 is -3.69. The fourth-order valence-electron chi connectivity index (χ4n) is 2.32. The van der Waals surface area contributed by atoms with Crippen LogP contribution in [0.1, 0.15) is 16.7 Å². The summed E-state index contributed by atoms with van der Waals surface area (Å²) in [6, 6.07) is 7.72. The van der Waals surface area contributed by atoms with Crippen molar-refractivity contribution >= 4 is 72.2 Å². The summed E-state index contributed by atoms with van der Waals surface area (Å²) in [7, 11) is 0. The molecular weight excluding hydrogens is 532 g/mol. The van der Waals surface area contributed by atoms with E-state index in [1.165, 1.54) is 18.2 Å². The molecule has 31 heavy (non-hydrogen) atoms. The molecule has 0 aromatic heterocycles. The van der Waals surface area contributed by atoms with E-state index in [9.17, 15) is 9.90 Å². The molecule has 0 fully saturated rings. The second-order valence-corrected chi connectivity index (χ2v) is 22.7. The summed E-state index contributed by atoms with van der Waals surface area (Å²) in [5.41, 5.74) is 2.81. The molecule has 0 radical (unpaired) electrons. The Hall–Kier alpha value is -1.34. The van der Waals surface area contributed by atoms with E-state index in [0.717, 1.165) is 29.7 Å². The number of phenols is 4. The van der Waals surface area contributed by atoms with Gasteiger partial charge in [-0.15, -0.1) is 0 Å². The molecule has 0 unspecified atom stereocenters. The minimum absolute atomic E-state index is 0.0518. The number of aromatic hydroxyl groups is 4. The van der Waals surface area contributed by atoms with Crippen LogP contribution in [0.4, 0.5) is 0 Å². The molecule has 2 aromatic carbocycles. The van der Waals surface area contributed by atoms with Crippen LogP contribution in [-0.2, 0) is 17.6 Å². The Morgan fingerprint density at radius 3 is 2.10 bits per heavy atom. The Morgan fingerprint density at radius 1 is 0.935 bits per heavy atom. The third-order valence-electron chi connectivity index (χ3n) is 3.66. The normalized spacial score (nSPS) is 13.3. The van der Waals surface area contributed by atoms with Gasteiger partial charge in [-0.1, -0.05) is 6.07 Å². The molecule has 0 aliphatic carbocycles.